The van der Waals surface area contributed by atoms with Gasteiger partial charge in [0.15, 0.2) is 0 Å². The Morgan fingerprint density at radius 2 is 2.14 bits per heavy atom. The minimum atomic E-state index is -0.897. The topological polar surface area (TPSA) is 97.1 Å². The van der Waals surface area contributed by atoms with Crippen LogP contribution in [0.3, 0.4) is 0 Å². The summed E-state index contributed by atoms with van der Waals surface area (Å²) in [5.41, 5.74) is 1.64. The van der Waals surface area contributed by atoms with Gasteiger partial charge in [0.25, 0.3) is 0 Å². The van der Waals surface area contributed by atoms with E-state index in [0.29, 0.717) is 25.1 Å². The predicted molar refractivity (Wildman–Crippen MR) is 78.0 cm³/mol. The molecule has 1 fully saturated rings. The number of aliphatic carboxylic acids is 1. The first-order valence-electron chi connectivity index (χ1n) is 7.08. The molecular weight excluding hydrogens is 284 g/mol. The highest BCUT2D eigenvalue weighted by Crippen LogP contribution is 2.35. The molecule has 2 N–H and O–H groups in total. The first-order valence-corrected chi connectivity index (χ1v) is 7.08. The highest BCUT2D eigenvalue weighted by Gasteiger charge is 2.41. The third-order valence-electron chi connectivity index (χ3n) is 3.93. The number of anilines is 1. The average molecular weight is 300 g/mol. The van der Waals surface area contributed by atoms with Gasteiger partial charge in [0.1, 0.15) is 12.7 Å². The number of carboxylic acid groups (broad SMARTS) is 1. The lowest BCUT2D eigenvalue weighted by atomic mass is 9.73. The van der Waals surface area contributed by atoms with Gasteiger partial charge in [0.2, 0.25) is 5.91 Å². The molecular formula is C15H16N4O3. The fourth-order valence-electron chi connectivity index (χ4n) is 2.59. The van der Waals surface area contributed by atoms with Crippen LogP contribution in [0.4, 0.5) is 5.69 Å². The van der Waals surface area contributed by atoms with E-state index in [0.717, 1.165) is 5.56 Å². The number of amides is 1. The van der Waals surface area contributed by atoms with Crippen LogP contribution in [0.25, 0.3) is 0 Å². The van der Waals surface area contributed by atoms with Crippen molar-refractivity contribution in [1.29, 1.82) is 0 Å². The minimum Gasteiger partial charge on any atom is -0.481 e. The van der Waals surface area contributed by atoms with Gasteiger partial charge in [0.05, 0.1) is 18.4 Å². The highest BCUT2D eigenvalue weighted by molar-refractivity contribution is 5.96. The molecule has 0 radical (unpaired) electrons. The van der Waals surface area contributed by atoms with Crippen molar-refractivity contribution < 1.29 is 14.7 Å². The second-order valence-corrected chi connectivity index (χ2v) is 5.41. The van der Waals surface area contributed by atoms with Crippen molar-refractivity contribution in [3.8, 4) is 0 Å². The molecule has 1 amide bonds. The van der Waals surface area contributed by atoms with E-state index in [1.54, 1.807) is 17.1 Å². The molecule has 7 heteroatoms. The summed E-state index contributed by atoms with van der Waals surface area (Å²) in [5.74, 6) is -2.11. The molecule has 114 valence electrons. The number of benzene rings is 1. The van der Waals surface area contributed by atoms with Crippen LogP contribution in [-0.4, -0.2) is 31.7 Å². The van der Waals surface area contributed by atoms with Gasteiger partial charge in [-0.2, -0.15) is 5.10 Å². The fourth-order valence-corrected chi connectivity index (χ4v) is 2.59. The largest absolute Gasteiger partial charge is 0.481 e. The number of hydrogen-bond donors (Lipinski definition) is 2. The van der Waals surface area contributed by atoms with Crippen LogP contribution in [-0.2, 0) is 16.1 Å². The van der Waals surface area contributed by atoms with Gasteiger partial charge in [-0.25, -0.2) is 9.67 Å². The van der Waals surface area contributed by atoms with Gasteiger partial charge < -0.3 is 10.4 Å². The van der Waals surface area contributed by atoms with Crippen molar-refractivity contribution >= 4 is 17.6 Å². The molecule has 0 bridgehead atoms. The van der Waals surface area contributed by atoms with Crippen molar-refractivity contribution in [3.63, 3.8) is 0 Å². The number of carbonyl (C=O) groups excluding carboxylic acids is 1. The molecule has 0 saturated heterocycles. The number of nitrogens with zero attached hydrogens (tertiary/aromatic N) is 3. The number of carbonyl (C=O) groups is 2. The Bertz CT molecular complexity index is 684. The zero-order chi connectivity index (χ0) is 15.5. The van der Waals surface area contributed by atoms with Crippen LogP contribution >= 0.6 is 0 Å². The fraction of sp³-hybridized carbons (Fsp3) is 0.333. The van der Waals surface area contributed by atoms with Crippen LogP contribution in [0.2, 0.25) is 0 Å². The first kappa shape index (κ1) is 14.2. The van der Waals surface area contributed by atoms with E-state index in [4.69, 9.17) is 5.11 Å². The minimum absolute atomic E-state index is 0.225. The second kappa shape index (κ2) is 5.97. The third kappa shape index (κ3) is 2.98. The summed E-state index contributed by atoms with van der Waals surface area (Å²) in [6.45, 7) is 0.560. The zero-order valence-corrected chi connectivity index (χ0v) is 11.8. The molecule has 2 aromatic rings. The Balaban J connectivity index is 1.65. The summed E-state index contributed by atoms with van der Waals surface area (Å²) in [5, 5.41) is 15.8. The van der Waals surface area contributed by atoms with Crippen molar-refractivity contribution in [2.45, 2.75) is 19.4 Å². The third-order valence-corrected chi connectivity index (χ3v) is 3.93. The SMILES string of the molecule is O=C(O)C1CCC1C(=O)Nc1cccc(Cn2cncn2)c1. The second-order valence-electron chi connectivity index (χ2n) is 5.41. The average Bonchev–Trinajstić information content (AvgIpc) is 2.89. The Hall–Kier alpha value is -2.70. The van der Waals surface area contributed by atoms with Crippen LogP contribution in [0.5, 0.6) is 0 Å². The molecule has 7 nitrogen and oxygen atoms in total. The summed E-state index contributed by atoms with van der Waals surface area (Å²) in [4.78, 5) is 27.0. The Kier molecular flexibility index (Phi) is 3.86. The van der Waals surface area contributed by atoms with Crippen molar-refractivity contribution in [3.05, 3.63) is 42.5 Å². The summed E-state index contributed by atoms with van der Waals surface area (Å²) in [7, 11) is 0. The Morgan fingerprint density at radius 1 is 1.32 bits per heavy atom. The van der Waals surface area contributed by atoms with E-state index >= 15 is 0 Å². The number of carboxylic acids is 1. The molecule has 3 rings (SSSR count). The molecule has 0 spiro atoms. The zero-order valence-electron chi connectivity index (χ0n) is 11.8. The molecule has 1 saturated carbocycles. The Labute approximate surface area is 127 Å². The van der Waals surface area contributed by atoms with Gasteiger partial charge in [0, 0.05) is 5.69 Å². The van der Waals surface area contributed by atoms with Gasteiger partial charge in [-0.15, -0.1) is 0 Å². The maximum atomic E-state index is 12.1. The maximum Gasteiger partial charge on any atom is 0.307 e. The van der Waals surface area contributed by atoms with E-state index in [1.165, 1.54) is 6.33 Å². The lowest BCUT2D eigenvalue weighted by molar-refractivity contribution is -0.151. The molecule has 1 aromatic heterocycles. The van der Waals surface area contributed by atoms with Crippen LogP contribution in [0, 0.1) is 11.8 Å². The smallest absolute Gasteiger partial charge is 0.307 e. The number of nitrogens with one attached hydrogen (secondary N) is 1. The van der Waals surface area contributed by atoms with Crippen molar-refractivity contribution in [1.82, 2.24) is 14.8 Å². The normalized spacial score (nSPS) is 20.2. The van der Waals surface area contributed by atoms with E-state index < -0.39 is 17.8 Å². The monoisotopic (exact) mass is 300 g/mol. The highest BCUT2D eigenvalue weighted by atomic mass is 16.4. The molecule has 1 heterocycles. The van der Waals surface area contributed by atoms with E-state index in [1.807, 2.05) is 18.2 Å². The molecule has 2 unspecified atom stereocenters. The van der Waals surface area contributed by atoms with Crippen LogP contribution in [0.1, 0.15) is 18.4 Å². The van der Waals surface area contributed by atoms with Gasteiger partial charge >= 0.3 is 5.97 Å². The van der Waals surface area contributed by atoms with E-state index in [2.05, 4.69) is 15.4 Å². The number of aromatic nitrogens is 3. The summed E-state index contributed by atoms with van der Waals surface area (Å²) in [6, 6.07) is 7.42. The Morgan fingerprint density at radius 3 is 2.77 bits per heavy atom. The molecule has 1 aliphatic carbocycles. The number of rotatable bonds is 5. The maximum absolute atomic E-state index is 12.1. The van der Waals surface area contributed by atoms with Crippen molar-refractivity contribution in [2.24, 2.45) is 11.8 Å². The quantitative estimate of drug-likeness (QED) is 0.869. The molecule has 1 aromatic carbocycles. The van der Waals surface area contributed by atoms with Crippen LogP contribution in [0.15, 0.2) is 36.9 Å². The lowest BCUT2D eigenvalue weighted by Crippen LogP contribution is -2.41. The molecule has 22 heavy (non-hydrogen) atoms. The lowest BCUT2D eigenvalue weighted by Gasteiger charge is -2.31. The summed E-state index contributed by atoms with van der Waals surface area (Å²) < 4.78 is 1.69. The molecule has 2 atom stereocenters. The molecule has 1 aliphatic rings. The number of hydrogen-bond acceptors (Lipinski definition) is 4. The van der Waals surface area contributed by atoms with E-state index in [9.17, 15) is 9.59 Å². The predicted octanol–water partition coefficient (Wildman–Crippen LogP) is 1.38. The molecule has 0 aliphatic heterocycles. The first-order chi connectivity index (χ1) is 10.6. The van der Waals surface area contributed by atoms with Gasteiger partial charge in [-0.1, -0.05) is 12.1 Å². The van der Waals surface area contributed by atoms with E-state index in [-0.39, 0.29) is 5.91 Å². The summed E-state index contributed by atoms with van der Waals surface area (Å²) in [6.07, 6.45) is 4.28. The summed E-state index contributed by atoms with van der Waals surface area (Å²) >= 11 is 0. The van der Waals surface area contributed by atoms with Gasteiger partial charge in [-0.3, -0.25) is 9.59 Å². The van der Waals surface area contributed by atoms with Crippen molar-refractivity contribution in [2.75, 3.05) is 5.32 Å². The standard InChI is InChI=1S/C15H16N4O3/c20-14(12-4-5-13(12)15(21)22)18-11-3-1-2-10(6-11)7-19-9-16-8-17-19/h1-3,6,8-9,12-13H,4-5,7H2,(H,18,20)(H,21,22). The van der Waals surface area contributed by atoms with Crippen LogP contribution < -0.4 is 5.32 Å². The van der Waals surface area contributed by atoms with Gasteiger partial charge in [-0.05, 0) is 30.5 Å².